The Hall–Kier alpha value is -2.44. The quantitative estimate of drug-likeness (QED) is 0.0325. The number of esters is 1. The van der Waals surface area contributed by atoms with Crippen LogP contribution in [0.15, 0.2) is 60.8 Å². The van der Waals surface area contributed by atoms with Crippen molar-refractivity contribution in [1.82, 2.24) is 5.32 Å². The molecule has 0 radical (unpaired) electrons. The maximum Gasteiger partial charge on any atom is 0.306 e. The minimum atomic E-state index is -0.815. The third-order valence-corrected chi connectivity index (χ3v) is 10.6. The largest absolute Gasteiger partial charge is 0.458 e. The number of amides is 1. The van der Waals surface area contributed by atoms with Gasteiger partial charge in [-0.2, -0.15) is 0 Å². The molecule has 0 saturated heterocycles. The standard InChI is InChI=1S/C51H91NO5/c1-4-7-10-13-16-19-22-24-26-29-32-35-38-41-44-51(56)57-47(42-39-36-33-30-27-21-18-15-12-9-6-3)45-50(55)52-48(46-53)49(54)43-40-37-34-31-28-25-23-20-17-14-11-8-5-2/h7,10,16,19,24,26,30,33,39,42,47-49,53-54H,4-6,8-9,11-15,17-18,20-23,25,27-29,31-32,34-38,40-41,43-46H2,1-3H3,(H,52,55)/b10-7+,19-16+,26-24+,33-30-,42-39+. The molecule has 0 aromatic heterocycles. The number of unbranched alkanes of at least 4 members (excludes halogenated alkanes) is 22. The van der Waals surface area contributed by atoms with Gasteiger partial charge in [0.05, 0.1) is 25.2 Å². The third kappa shape index (κ3) is 40.1. The number of hydrogen-bond donors (Lipinski definition) is 3. The van der Waals surface area contributed by atoms with Crippen molar-refractivity contribution in [2.45, 2.75) is 244 Å². The Morgan fingerprint density at radius 3 is 1.49 bits per heavy atom. The molecule has 0 heterocycles. The molecular formula is C51H91NO5. The Morgan fingerprint density at radius 2 is 0.982 bits per heavy atom. The number of carbonyl (C=O) groups excluding carboxylic acids is 2. The van der Waals surface area contributed by atoms with E-state index in [0.717, 1.165) is 77.0 Å². The van der Waals surface area contributed by atoms with Gasteiger partial charge in [0.25, 0.3) is 0 Å². The minimum Gasteiger partial charge on any atom is -0.458 e. The van der Waals surface area contributed by atoms with Crippen LogP contribution in [0.1, 0.15) is 226 Å². The molecule has 330 valence electrons. The molecular weight excluding hydrogens is 707 g/mol. The lowest BCUT2D eigenvalue weighted by atomic mass is 10.0. The zero-order chi connectivity index (χ0) is 41.7. The molecule has 0 aliphatic heterocycles. The highest BCUT2D eigenvalue weighted by Crippen LogP contribution is 2.15. The van der Waals surface area contributed by atoms with E-state index < -0.39 is 18.2 Å². The summed E-state index contributed by atoms with van der Waals surface area (Å²) in [5, 5.41) is 23.6. The molecule has 0 aliphatic rings. The Kier molecular flexibility index (Phi) is 42.7. The predicted octanol–water partition coefficient (Wildman–Crippen LogP) is 14.1. The van der Waals surface area contributed by atoms with Gasteiger partial charge in [0.1, 0.15) is 6.10 Å². The highest BCUT2D eigenvalue weighted by Gasteiger charge is 2.23. The highest BCUT2D eigenvalue weighted by molar-refractivity contribution is 5.78. The van der Waals surface area contributed by atoms with Gasteiger partial charge in [0, 0.05) is 6.42 Å². The van der Waals surface area contributed by atoms with E-state index in [1.807, 2.05) is 12.2 Å². The Balaban J connectivity index is 4.67. The van der Waals surface area contributed by atoms with Crippen LogP contribution in [0.4, 0.5) is 0 Å². The van der Waals surface area contributed by atoms with Crippen LogP contribution in [0, 0.1) is 0 Å². The SMILES string of the molecule is CC/C=C/C/C=C/C/C=C/CCCCCCC(=O)OC(/C=C/C/C=C\CCCCCCCC)CC(=O)NC(CO)C(O)CCCCCCCCCCCCCCC. The molecule has 0 fully saturated rings. The van der Waals surface area contributed by atoms with E-state index >= 15 is 0 Å². The number of allylic oxidation sites excluding steroid dienone is 9. The molecule has 0 aromatic rings. The number of rotatable bonds is 42. The van der Waals surface area contributed by atoms with Crippen molar-refractivity contribution in [2.75, 3.05) is 6.61 Å². The van der Waals surface area contributed by atoms with Crippen LogP contribution in [0.2, 0.25) is 0 Å². The monoisotopic (exact) mass is 798 g/mol. The van der Waals surface area contributed by atoms with Crippen LogP contribution in [-0.4, -0.2) is 46.9 Å². The Bertz CT molecular complexity index is 1030. The maximum absolute atomic E-state index is 13.1. The molecule has 3 N–H and O–H groups in total. The zero-order valence-corrected chi connectivity index (χ0v) is 37.5. The average Bonchev–Trinajstić information content (AvgIpc) is 3.20. The van der Waals surface area contributed by atoms with Gasteiger partial charge >= 0.3 is 5.97 Å². The van der Waals surface area contributed by atoms with E-state index in [-0.39, 0.29) is 24.9 Å². The van der Waals surface area contributed by atoms with E-state index in [0.29, 0.717) is 19.3 Å². The maximum atomic E-state index is 13.1. The van der Waals surface area contributed by atoms with Gasteiger partial charge in [-0.3, -0.25) is 9.59 Å². The van der Waals surface area contributed by atoms with Crippen LogP contribution in [0.5, 0.6) is 0 Å². The molecule has 6 heteroatoms. The van der Waals surface area contributed by atoms with Crippen LogP contribution in [0.25, 0.3) is 0 Å². The second kappa shape index (κ2) is 44.7. The van der Waals surface area contributed by atoms with Gasteiger partial charge < -0.3 is 20.3 Å². The molecule has 0 spiro atoms. The summed E-state index contributed by atoms with van der Waals surface area (Å²) in [7, 11) is 0. The normalized spacial score (nSPS) is 13.8. The third-order valence-electron chi connectivity index (χ3n) is 10.6. The summed E-state index contributed by atoms with van der Waals surface area (Å²) in [5.74, 6) is -0.630. The van der Waals surface area contributed by atoms with Gasteiger partial charge in [0.2, 0.25) is 5.91 Å². The summed E-state index contributed by atoms with van der Waals surface area (Å²) in [5.41, 5.74) is 0. The first-order valence-corrected chi connectivity index (χ1v) is 24.0. The lowest BCUT2D eigenvalue weighted by Gasteiger charge is -2.23. The molecule has 0 saturated carbocycles. The fourth-order valence-corrected chi connectivity index (χ4v) is 6.94. The highest BCUT2D eigenvalue weighted by atomic mass is 16.5. The summed E-state index contributed by atoms with van der Waals surface area (Å²) < 4.78 is 5.80. The van der Waals surface area contributed by atoms with Crippen LogP contribution < -0.4 is 5.32 Å². The topological polar surface area (TPSA) is 95.9 Å². The van der Waals surface area contributed by atoms with Crippen molar-refractivity contribution in [3.8, 4) is 0 Å². The van der Waals surface area contributed by atoms with Crippen LogP contribution in [0.3, 0.4) is 0 Å². The number of aliphatic hydroxyl groups excluding tert-OH is 2. The van der Waals surface area contributed by atoms with Crippen molar-refractivity contribution < 1.29 is 24.5 Å². The van der Waals surface area contributed by atoms with Crippen molar-refractivity contribution in [3.63, 3.8) is 0 Å². The zero-order valence-electron chi connectivity index (χ0n) is 37.5. The first kappa shape index (κ1) is 54.6. The molecule has 0 rings (SSSR count). The van der Waals surface area contributed by atoms with E-state index in [1.165, 1.54) is 103 Å². The Morgan fingerprint density at radius 1 is 0.544 bits per heavy atom. The van der Waals surface area contributed by atoms with Crippen LogP contribution in [-0.2, 0) is 14.3 Å². The van der Waals surface area contributed by atoms with E-state index in [2.05, 4.69) is 74.7 Å². The molecule has 0 aliphatic carbocycles. The smallest absolute Gasteiger partial charge is 0.306 e. The minimum absolute atomic E-state index is 0.0390. The molecule has 0 bridgehead atoms. The van der Waals surface area contributed by atoms with Gasteiger partial charge in [-0.05, 0) is 70.3 Å². The summed E-state index contributed by atoms with van der Waals surface area (Å²) >= 11 is 0. The van der Waals surface area contributed by atoms with E-state index in [4.69, 9.17) is 4.74 Å². The molecule has 0 aromatic carbocycles. The van der Waals surface area contributed by atoms with Gasteiger partial charge in [-0.15, -0.1) is 0 Å². The van der Waals surface area contributed by atoms with Crippen molar-refractivity contribution >= 4 is 11.9 Å². The van der Waals surface area contributed by atoms with Crippen molar-refractivity contribution in [1.29, 1.82) is 0 Å². The fourth-order valence-electron chi connectivity index (χ4n) is 6.94. The van der Waals surface area contributed by atoms with Gasteiger partial charge in [-0.1, -0.05) is 204 Å². The number of ether oxygens (including phenoxy) is 1. The van der Waals surface area contributed by atoms with Gasteiger partial charge in [-0.25, -0.2) is 0 Å². The first-order chi connectivity index (χ1) is 28.0. The Labute approximate surface area is 352 Å². The molecule has 1 amide bonds. The summed E-state index contributed by atoms with van der Waals surface area (Å²) in [4.78, 5) is 26.0. The second-order valence-corrected chi connectivity index (χ2v) is 16.1. The number of hydrogen-bond acceptors (Lipinski definition) is 5. The van der Waals surface area contributed by atoms with Crippen molar-refractivity contribution in [2.24, 2.45) is 0 Å². The lowest BCUT2D eigenvalue weighted by molar-refractivity contribution is -0.148. The number of nitrogens with one attached hydrogen (secondary N) is 1. The summed E-state index contributed by atoms with van der Waals surface area (Å²) in [6, 6.07) is -0.737. The number of carbonyl (C=O) groups is 2. The first-order valence-electron chi connectivity index (χ1n) is 24.0. The number of aliphatic hydroxyl groups is 2. The molecule has 3 unspecified atom stereocenters. The average molecular weight is 798 g/mol. The molecule has 3 atom stereocenters. The van der Waals surface area contributed by atoms with E-state index in [9.17, 15) is 19.8 Å². The lowest BCUT2D eigenvalue weighted by Crippen LogP contribution is -2.46. The van der Waals surface area contributed by atoms with E-state index in [1.54, 1.807) is 0 Å². The molecule has 6 nitrogen and oxygen atoms in total. The molecule has 57 heavy (non-hydrogen) atoms. The van der Waals surface area contributed by atoms with Gasteiger partial charge in [0.15, 0.2) is 0 Å². The fraction of sp³-hybridized carbons (Fsp3) is 0.765. The summed E-state index contributed by atoms with van der Waals surface area (Å²) in [6.45, 7) is 6.31. The second-order valence-electron chi connectivity index (χ2n) is 16.1. The summed E-state index contributed by atoms with van der Waals surface area (Å²) in [6.07, 6.45) is 54.5. The van der Waals surface area contributed by atoms with Crippen molar-refractivity contribution in [3.05, 3.63) is 60.8 Å². The predicted molar refractivity (Wildman–Crippen MR) is 245 cm³/mol. The van der Waals surface area contributed by atoms with Crippen LogP contribution >= 0.6 is 0 Å².